The lowest BCUT2D eigenvalue weighted by atomic mass is 9.90. The van der Waals surface area contributed by atoms with Gasteiger partial charge in [-0.3, -0.25) is 0 Å². The maximum Gasteiger partial charge on any atom is 0.234 e. The van der Waals surface area contributed by atoms with Gasteiger partial charge >= 0.3 is 0 Å². The average Bonchev–Trinajstić information content (AvgIpc) is 2.86. The van der Waals surface area contributed by atoms with Crippen LogP contribution < -0.4 is 5.32 Å². The van der Waals surface area contributed by atoms with Gasteiger partial charge in [0.1, 0.15) is 6.10 Å². The SMILES string of the molecule is CCOC(C)c1noc(C2(C)CCNC2)n1. The van der Waals surface area contributed by atoms with Crippen molar-refractivity contribution in [2.24, 2.45) is 0 Å². The Bertz CT molecular complexity index is 345. The van der Waals surface area contributed by atoms with Crippen LogP contribution in [0.5, 0.6) is 0 Å². The summed E-state index contributed by atoms with van der Waals surface area (Å²) in [5.74, 6) is 1.36. The van der Waals surface area contributed by atoms with Gasteiger partial charge in [-0.05, 0) is 33.7 Å². The molecular formula is C11H19N3O2. The van der Waals surface area contributed by atoms with E-state index in [0.29, 0.717) is 12.4 Å². The Labute approximate surface area is 95.6 Å². The fourth-order valence-electron chi connectivity index (χ4n) is 1.97. The maximum absolute atomic E-state index is 5.44. The molecule has 1 aromatic rings. The molecule has 0 bridgehead atoms. The smallest absolute Gasteiger partial charge is 0.234 e. The molecule has 5 nitrogen and oxygen atoms in total. The second-order valence-corrected chi connectivity index (χ2v) is 4.54. The zero-order valence-corrected chi connectivity index (χ0v) is 10.1. The molecule has 0 saturated carbocycles. The number of hydrogen-bond acceptors (Lipinski definition) is 5. The van der Waals surface area contributed by atoms with Gasteiger partial charge in [-0.25, -0.2) is 0 Å². The Morgan fingerprint density at radius 3 is 3.06 bits per heavy atom. The summed E-state index contributed by atoms with van der Waals surface area (Å²) in [4.78, 5) is 4.44. The highest BCUT2D eigenvalue weighted by Crippen LogP contribution is 2.29. The number of nitrogens with one attached hydrogen (secondary N) is 1. The molecule has 1 aliphatic heterocycles. The monoisotopic (exact) mass is 225 g/mol. The first-order chi connectivity index (χ1) is 7.65. The minimum absolute atomic E-state index is 0.0167. The molecule has 1 saturated heterocycles. The van der Waals surface area contributed by atoms with E-state index in [0.717, 1.165) is 25.4 Å². The highest BCUT2D eigenvalue weighted by atomic mass is 16.5. The average molecular weight is 225 g/mol. The normalized spacial score (nSPS) is 27.2. The van der Waals surface area contributed by atoms with Crippen LogP contribution in [0.15, 0.2) is 4.52 Å². The molecule has 2 atom stereocenters. The van der Waals surface area contributed by atoms with E-state index in [2.05, 4.69) is 22.4 Å². The highest BCUT2D eigenvalue weighted by Gasteiger charge is 2.36. The van der Waals surface area contributed by atoms with Gasteiger partial charge in [-0.1, -0.05) is 5.16 Å². The summed E-state index contributed by atoms with van der Waals surface area (Å²) < 4.78 is 10.8. The van der Waals surface area contributed by atoms with Crippen molar-refractivity contribution in [2.75, 3.05) is 19.7 Å². The number of ether oxygens (including phenoxy) is 1. The maximum atomic E-state index is 5.44. The molecule has 0 amide bonds. The molecule has 90 valence electrons. The van der Waals surface area contributed by atoms with Gasteiger partial charge in [0.2, 0.25) is 5.89 Å². The van der Waals surface area contributed by atoms with Gasteiger partial charge in [0, 0.05) is 13.2 Å². The largest absolute Gasteiger partial charge is 0.371 e. The lowest BCUT2D eigenvalue weighted by Gasteiger charge is -2.16. The van der Waals surface area contributed by atoms with E-state index in [1.807, 2.05) is 13.8 Å². The summed E-state index contributed by atoms with van der Waals surface area (Å²) in [6.45, 7) is 8.61. The van der Waals surface area contributed by atoms with Gasteiger partial charge in [-0.15, -0.1) is 0 Å². The van der Waals surface area contributed by atoms with Gasteiger partial charge in [0.15, 0.2) is 5.82 Å². The lowest BCUT2D eigenvalue weighted by molar-refractivity contribution is 0.0683. The molecule has 1 aliphatic rings. The molecule has 1 aromatic heterocycles. The van der Waals surface area contributed by atoms with Crippen molar-refractivity contribution in [3.63, 3.8) is 0 Å². The van der Waals surface area contributed by atoms with Crippen molar-refractivity contribution in [1.29, 1.82) is 0 Å². The highest BCUT2D eigenvalue weighted by molar-refractivity contribution is 5.08. The van der Waals surface area contributed by atoms with E-state index >= 15 is 0 Å². The number of aromatic nitrogens is 2. The Balaban J connectivity index is 2.12. The van der Waals surface area contributed by atoms with Crippen molar-refractivity contribution in [2.45, 2.75) is 38.7 Å². The fraction of sp³-hybridized carbons (Fsp3) is 0.818. The molecule has 5 heteroatoms. The van der Waals surface area contributed by atoms with E-state index in [4.69, 9.17) is 9.26 Å². The topological polar surface area (TPSA) is 60.2 Å². The summed E-state index contributed by atoms with van der Waals surface area (Å²) in [6, 6.07) is 0. The summed E-state index contributed by atoms with van der Waals surface area (Å²) in [7, 11) is 0. The van der Waals surface area contributed by atoms with Gasteiger partial charge < -0.3 is 14.6 Å². The molecule has 2 unspecified atom stereocenters. The van der Waals surface area contributed by atoms with E-state index in [9.17, 15) is 0 Å². The predicted molar refractivity (Wildman–Crippen MR) is 59.2 cm³/mol. The third-order valence-electron chi connectivity index (χ3n) is 3.11. The third-order valence-corrected chi connectivity index (χ3v) is 3.11. The first-order valence-corrected chi connectivity index (χ1v) is 5.82. The standard InChI is InChI=1S/C11H19N3O2/c1-4-15-8(2)9-13-10(16-14-9)11(3)5-6-12-7-11/h8,12H,4-7H2,1-3H3. The molecule has 1 N–H and O–H groups in total. The zero-order valence-electron chi connectivity index (χ0n) is 10.1. The first kappa shape index (κ1) is 11.5. The minimum Gasteiger partial charge on any atom is -0.371 e. The van der Waals surface area contributed by atoms with Crippen molar-refractivity contribution in [3.8, 4) is 0 Å². The zero-order chi connectivity index (χ0) is 11.6. The molecule has 0 aromatic carbocycles. The van der Waals surface area contributed by atoms with Crippen LogP contribution in [-0.4, -0.2) is 29.8 Å². The number of nitrogens with zero attached hydrogens (tertiary/aromatic N) is 2. The molecule has 0 spiro atoms. The van der Waals surface area contributed by atoms with Crippen LogP contribution in [0.3, 0.4) is 0 Å². The number of hydrogen-bond donors (Lipinski definition) is 1. The van der Waals surface area contributed by atoms with Crippen molar-refractivity contribution >= 4 is 0 Å². The van der Waals surface area contributed by atoms with E-state index in [1.165, 1.54) is 0 Å². The van der Waals surface area contributed by atoms with Crippen LogP contribution in [0.2, 0.25) is 0 Å². The second-order valence-electron chi connectivity index (χ2n) is 4.54. The van der Waals surface area contributed by atoms with Crippen LogP contribution in [-0.2, 0) is 10.2 Å². The molecular weight excluding hydrogens is 206 g/mol. The Morgan fingerprint density at radius 1 is 1.62 bits per heavy atom. The fourth-order valence-corrected chi connectivity index (χ4v) is 1.97. The summed E-state index contributed by atoms with van der Waals surface area (Å²) in [5.41, 5.74) is -0.0167. The quantitative estimate of drug-likeness (QED) is 0.839. The van der Waals surface area contributed by atoms with E-state index in [-0.39, 0.29) is 11.5 Å². The minimum atomic E-state index is -0.0968. The van der Waals surface area contributed by atoms with Gasteiger partial charge in [0.25, 0.3) is 0 Å². The van der Waals surface area contributed by atoms with Gasteiger partial charge in [-0.2, -0.15) is 4.98 Å². The Morgan fingerprint density at radius 2 is 2.44 bits per heavy atom. The number of rotatable bonds is 4. The van der Waals surface area contributed by atoms with Crippen molar-refractivity contribution in [3.05, 3.63) is 11.7 Å². The van der Waals surface area contributed by atoms with Crippen LogP contribution in [0.1, 0.15) is 45.0 Å². The van der Waals surface area contributed by atoms with Crippen LogP contribution in [0.4, 0.5) is 0 Å². The Kier molecular flexibility index (Phi) is 3.25. The molecule has 2 rings (SSSR count). The van der Waals surface area contributed by atoms with Crippen LogP contribution in [0, 0.1) is 0 Å². The predicted octanol–water partition coefficient (Wildman–Crippen LogP) is 1.42. The van der Waals surface area contributed by atoms with Crippen LogP contribution in [0.25, 0.3) is 0 Å². The third kappa shape index (κ3) is 2.10. The van der Waals surface area contributed by atoms with Crippen molar-refractivity contribution in [1.82, 2.24) is 15.5 Å². The van der Waals surface area contributed by atoms with Crippen molar-refractivity contribution < 1.29 is 9.26 Å². The Hall–Kier alpha value is -0.940. The molecule has 0 radical (unpaired) electrons. The molecule has 2 heterocycles. The molecule has 1 fully saturated rings. The molecule has 0 aliphatic carbocycles. The van der Waals surface area contributed by atoms with E-state index < -0.39 is 0 Å². The summed E-state index contributed by atoms with van der Waals surface area (Å²) in [6.07, 6.45) is 0.943. The van der Waals surface area contributed by atoms with Crippen LogP contribution >= 0.6 is 0 Å². The lowest BCUT2D eigenvalue weighted by Crippen LogP contribution is -2.25. The second kappa shape index (κ2) is 4.51. The summed E-state index contributed by atoms with van der Waals surface area (Å²) in [5, 5.41) is 7.30. The molecule has 16 heavy (non-hydrogen) atoms. The first-order valence-electron chi connectivity index (χ1n) is 5.82. The van der Waals surface area contributed by atoms with Gasteiger partial charge in [0.05, 0.1) is 5.41 Å². The summed E-state index contributed by atoms with van der Waals surface area (Å²) >= 11 is 0. The van der Waals surface area contributed by atoms with E-state index in [1.54, 1.807) is 0 Å².